The topological polar surface area (TPSA) is 61.5 Å². The Bertz CT molecular complexity index is 173. The van der Waals surface area contributed by atoms with Gasteiger partial charge in [-0.3, -0.25) is 4.79 Å². The summed E-state index contributed by atoms with van der Waals surface area (Å²) in [5.41, 5.74) is 5.42. The van der Waals surface area contributed by atoms with E-state index in [9.17, 15) is 4.79 Å². The maximum absolute atomic E-state index is 11.3. The fourth-order valence-corrected chi connectivity index (χ4v) is 1.35. The molecule has 0 spiro atoms. The van der Waals surface area contributed by atoms with E-state index in [0.29, 0.717) is 25.5 Å². The molecule has 0 aromatic carbocycles. The third-order valence-electron chi connectivity index (χ3n) is 2.23. The lowest BCUT2D eigenvalue weighted by atomic mass is 10.0. The lowest BCUT2D eigenvalue weighted by molar-refractivity contribution is -0.150. The summed E-state index contributed by atoms with van der Waals surface area (Å²) in [6.45, 7) is 5.05. The summed E-state index contributed by atoms with van der Waals surface area (Å²) in [7, 11) is 1.59. The minimum Gasteiger partial charge on any atom is -0.460 e. The monoisotopic (exact) mass is 217 g/mol. The van der Waals surface area contributed by atoms with E-state index < -0.39 is 0 Å². The molecule has 0 aromatic rings. The van der Waals surface area contributed by atoms with Crippen molar-refractivity contribution in [2.45, 2.75) is 39.2 Å². The van der Waals surface area contributed by atoms with Gasteiger partial charge in [0.25, 0.3) is 0 Å². The molecule has 0 fully saturated rings. The van der Waals surface area contributed by atoms with Crippen molar-refractivity contribution in [1.29, 1.82) is 0 Å². The number of carbonyl (C=O) groups excluding carboxylic acids is 1. The van der Waals surface area contributed by atoms with Crippen LogP contribution in [0, 0.1) is 5.92 Å². The highest BCUT2D eigenvalue weighted by Gasteiger charge is 2.10. The average Bonchev–Trinajstić information content (AvgIpc) is 2.15. The molecule has 2 N–H and O–H groups in total. The number of esters is 1. The van der Waals surface area contributed by atoms with Gasteiger partial charge in [0.15, 0.2) is 0 Å². The van der Waals surface area contributed by atoms with Gasteiger partial charge in [0, 0.05) is 13.5 Å². The molecule has 4 heteroatoms. The van der Waals surface area contributed by atoms with Crippen LogP contribution in [0.2, 0.25) is 0 Å². The van der Waals surface area contributed by atoms with Gasteiger partial charge in [0.05, 0.1) is 6.61 Å². The smallest absolute Gasteiger partial charge is 0.306 e. The van der Waals surface area contributed by atoms with Crippen molar-refractivity contribution in [1.82, 2.24) is 0 Å². The molecule has 0 radical (unpaired) electrons. The molecule has 0 aliphatic carbocycles. The molecule has 0 amide bonds. The molecule has 0 bridgehead atoms. The molecular formula is C11H23NO3. The summed E-state index contributed by atoms with van der Waals surface area (Å²) in [6.07, 6.45) is 2.11. The van der Waals surface area contributed by atoms with Crippen LogP contribution in [0.4, 0.5) is 0 Å². The van der Waals surface area contributed by atoms with Crippen molar-refractivity contribution in [3.8, 4) is 0 Å². The first-order valence-electron chi connectivity index (χ1n) is 5.48. The van der Waals surface area contributed by atoms with Gasteiger partial charge in [0.2, 0.25) is 0 Å². The van der Waals surface area contributed by atoms with Gasteiger partial charge in [-0.25, -0.2) is 0 Å². The first-order chi connectivity index (χ1) is 7.10. The van der Waals surface area contributed by atoms with Crippen molar-refractivity contribution in [3.05, 3.63) is 0 Å². The Hall–Kier alpha value is -0.610. The predicted octanol–water partition coefficient (Wildman–Crippen LogP) is 1.33. The Kier molecular flexibility index (Phi) is 8.33. The second kappa shape index (κ2) is 8.68. The Morgan fingerprint density at radius 2 is 2.00 bits per heavy atom. The van der Waals surface area contributed by atoms with Gasteiger partial charge in [0.1, 0.15) is 6.10 Å². The third kappa shape index (κ3) is 8.39. The van der Waals surface area contributed by atoms with Gasteiger partial charge < -0.3 is 15.2 Å². The lowest BCUT2D eigenvalue weighted by Gasteiger charge is -2.13. The largest absolute Gasteiger partial charge is 0.460 e. The Morgan fingerprint density at radius 3 is 2.53 bits per heavy atom. The molecule has 0 heterocycles. The van der Waals surface area contributed by atoms with E-state index in [2.05, 4.69) is 6.92 Å². The molecule has 90 valence electrons. The number of hydrogen-bond acceptors (Lipinski definition) is 4. The van der Waals surface area contributed by atoms with Gasteiger partial charge in [-0.05, 0) is 32.2 Å². The van der Waals surface area contributed by atoms with Crippen LogP contribution in [-0.2, 0) is 14.3 Å². The standard InChI is InChI=1S/C11H23NO3/c1-9(6-7-12)4-5-11(13)15-10(2)8-14-3/h9-10H,4-8,12H2,1-3H3. The number of hydrogen-bond donors (Lipinski definition) is 1. The number of rotatable bonds is 8. The first-order valence-corrected chi connectivity index (χ1v) is 5.48. The highest BCUT2D eigenvalue weighted by atomic mass is 16.6. The molecule has 0 aliphatic rings. The van der Waals surface area contributed by atoms with E-state index in [4.69, 9.17) is 15.2 Å². The minimum absolute atomic E-state index is 0.150. The first kappa shape index (κ1) is 14.4. The molecule has 4 nitrogen and oxygen atoms in total. The van der Waals surface area contributed by atoms with E-state index in [-0.39, 0.29) is 12.1 Å². The molecule has 15 heavy (non-hydrogen) atoms. The summed E-state index contributed by atoms with van der Waals surface area (Å²) in [4.78, 5) is 11.3. The van der Waals surface area contributed by atoms with Gasteiger partial charge in [-0.15, -0.1) is 0 Å². The third-order valence-corrected chi connectivity index (χ3v) is 2.23. The van der Waals surface area contributed by atoms with Crippen LogP contribution in [0.5, 0.6) is 0 Å². The van der Waals surface area contributed by atoms with E-state index in [1.807, 2.05) is 6.92 Å². The second-order valence-electron chi connectivity index (χ2n) is 3.98. The van der Waals surface area contributed by atoms with Crippen molar-refractivity contribution in [2.75, 3.05) is 20.3 Å². The molecule has 0 saturated carbocycles. The second-order valence-corrected chi connectivity index (χ2v) is 3.98. The van der Waals surface area contributed by atoms with Gasteiger partial charge in [-0.2, -0.15) is 0 Å². The molecular weight excluding hydrogens is 194 g/mol. The van der Waals surface area contributed by atoms with Crippen LogP contribution in [0.15, 0.2) is 0 Å². The average molecular weight is 217 g/mol. The van der Waals surface area contributed by atoms with Crippen LogP contribution >= 0.6 is 0 Å². The highest BCUT2D eigenvalue weighted by molar-refractivity contribution is 5.69. The van der Waals surface area contributed by atoms with Crippen LogP contribution < -0.4 is 5.73 Å². The number of methoxy groups -OCH3 is 1. The van der Waals surface area contributed by atoms with E-state index in [1.54, 1.807) is 7.11 Å². The van der Waals surface area contributed by atoms with Crippen molar-refractivity contribution < 1.29 is 14.3 Å². The van der Waals surface area contributed by atoms with Crippen molar-refractivity contribution >= 4 is 5.97 Å². The van der Waals surface area contributed by atoms with Crippen molar-refractivity contribution in [3.63, 3.8) is 0 Å². The molecule has 0 aliphatic heterocycles. The molecule has 0 aromatic heterocycles. The zero-order valence-electron chi connectivity index (χ0n) is 9.99. The van der Waals surface area contributed by atoms with E-state index in [1.165, 1.54) is 0 Å². The highest BCUT2D eigenvalue weighted by Crippen LogP contribution is 2.10. The molecule has 2 unspecified atom stereocenters. The maximum Gasteiger partial charge on any atom is 0.306 e. The Morgan fingerprint density at radius 1 is 1.33 bits per heavy atom. The number of ether oxygens (including phenoxy) is 2. The van der Waals surface area contributed by atoms with Gasteiger partial charge in [-0.1, -0.05) is 6.92 Å². The fourth-order valence-electron chi connectivity index (χ4n) is 1.35. The molecule has 2 atom stereocenters. The Labute approximate surface area is 92.1 Å². The lowest BCUT2D eigenvalue weighted by Crippen LogP contribution is -2.20. The maximum atomic E-state index is 11.3. The summed E-state index contributed by atoms with van der Waals surface area (Å²) in [5.74, 6) is 0.337. The van der Waals surface area contributed by atoms with Crippen molar-refractivity contribution in [2.24, 2.45) is 11.7 Å². The fraction of sp³-hybridized carbons (Fsp3) is 0.909. The van der Waals surface area contributed by atoms with Crippen LogP contribution in [0.1, 0.15) is 33.1 Å². The quantitative estimate of drug-likeness (QED) is 0.623. The zero-order chi connectivity index (χ0) is 11.7. The minimum atomic E-state index is -0.160. The summed E-state index contributed by atoms with van der Waals surface area (Å²) in [5, 5.41) is 0. The van der Waals surface area contributed by atoms with E-state index in [0.717, 1.165) is 12.8 Å². The molecule has 0 rings (SSSR count). The van der Waals surface area contributed by atoms with Crippen LogP contribution in [-0.4, -0.2) is 32.3 Å². The SMILES string of the molecule is COCC(C)OC(=O)CCC(C)CCN. The Balaban J connectivity index is 3.56. The zero-order valence-corrected chi connectivity index (χ0v) is 9.99. The summed E-state index contributed by atoms with van der Waals surface area (Å²) in [6, 6.07) is 0. The van der Waals surface area contributed by atoms with Crippen LogP contribution in [0.25, 0.3) is 0 Å². The van der Waals surface area contributed by atoms with E-state index >= 15 is 0 Å². The number of nitrogens with two attached hydrogens (primary N) is 1. The molecule has 0 saturated heterocycles. The van der Waals surface area contributed by atoms with Crippen LogP contribution in [0.3, 0.4) is 0 Å². The predicted molar refractivity (Wildman–Crippen MR) is 59.5 cm³/mol. The normalized spacial score (nSPS) is 14.7. The summed E-state index contributed by atoms with van der Waals surface area (Å²) < 4.78 is 10.00. The number of carbonyl (C=O) groups is 1. The van der Waals surface area contributed by atoms with Gasteiger partial charge >= 0.3 is 5.97 Å². The summed E-state index contributed by atoms with van der Waals surface area (Å²) >= 11 is 0.